The van der Waals surface area contributed by atoms with Crippen LogP contribution in [-0.2, 0) is 0 Å². The van der Waals surface area contributed by atoms with E-state index in [0.717, 1.165) is 43.1 Å². The lowest BCUT2D eigenvalue weighted by Gasteiger charge is -2.16. The van der Waals surface area contributed by atoms with Crippen LogP contribution in [0.1, 0.15) is 38.6 Å². The molecule has 1 heterocycles. The van der Waals surface area contributed by atoms with Crippen molar-refractivity contribution in [2.45, 2.75) is 49.8 Å². The maximum atomic E-state index is 11.6. The third-order valence-electron chi connectivity index (χ3n) is 3.16. The second-order valence-electron chi connectivity index (χ2n) is 4.89. The van der Waals surface area contributed by atoms with Crippen LogP contribution >= 0.6 is 11.8 Å². The molecule has 1 aliphatic carbocycles. The molecule has 0 aromatic carbocycles. The number of H-pyrrole nitrogens is 1. The summed E-state index contributed by atoms with van der Waals surface area (Å²) in [5.74, 6) is 0.817. The van der Waals surface area contributed by atoms with Gasteiger partial charge in [0.15, 0.2) is 5.16 Å². The van der Waals surface area contributed by atoms with Crippen LogP contribution < -0.4 is 11.0 Å². The van der Waals surface area contributed by atoms with E-state index in [-0.39, 0.29) is 18.3 Å². The summed E-state index contributed by atoms with van der Waals surface area (Å²) >= 11 is 1.58. The summed E-state index contributed by atoms with van der Waals surface area (Å²) in [6, 6.07) is 0.600. The number of hydrogen-bond acceptors (Lipinski definition) is 5. The summed E-state index contributed by atoms with van der Waals surface area (Å²) in [6.07, 6.45) is 3.94. The Labute approximate surface area is 117 Å². The molecule has 0 radical (unpaired) electrons. The first-order chi connectivity index (χ1) is 9.26. The SMILES string of the molecule is CCCNC(CCO)CSc1n[nH]c(=O)n1C1CC1. The Bertz CT molecular complexity index is 441. The van der Waals surface area contributed by atoms with Crippen molar-refractivity contribution in [2.24, 2.45) is 0 Å². The van der Waals surface area contributed by atoms with Gasteiger partial charge in [-0.05, 0) is 32.2 Å². The number of nitrogens with one attached hydrogen (secondary N) is 2. The molecule has 1 aliphatic rings. The highest BCUT2D eigenvalue weighted by Gasteiger charge is 2.28. The molecule has 7 heteroatoms. The number of aliphatic hydroxyl groups excluding tert-OH is 1. The average molecular weight is 286 g/mol. The van der Waals surface area contributed by atoms with Crippen LogP contribution in [0, 0.1) is 0 Å². The largest absolute Gasteiger partial charge is 0.396 e. The Balaban J connectivity index is 1.90. The van der Waals surface area contributed by atoms with Crippen molar-refractivity contribution < 1.29 is 5.11 Å². The molecule has 1 unspecified atom stereocenters. The molecule has 19 heavy (non-hydrogen) atoms. The highest BCUT2D eigenvalue weighted by Crippen LogP contribution is 2.36. The summed E-state index contributed by atoms with van der Waals surface area (Å²) in [7, 11) is 0. The lowest BCUT2D eigenvalue weighted by atomic mass is 10.2. The van der Waals surface area contributed by atoms with Gasteiger partial charge in [0.2, 0.25) is 0 Å². The fourth-order valence-corrected chi connectivity index (χ4v) is 3.09. The second kappa shape index (κ2) is 7.12. The first-order valence-corrected chi connectivity index (χ1v) is 7.88. The van der Waals surface area contributed by atoms with Gasteiger partial charge in [0.1, 0.15) is 0 Å². The Morgan fingerprint density at radius 2 is 2.42 bits per heavy atom. The summed E-state index contributed by atoms with van der Waals surface area (Å²) < 4.78 is 1.76. The maximum Gasteiger partial charge on any atom is 0.344 e. The zero-order chi connectivity index (χ0) is 13.7. The van der Waals surface area contributed by atoms with Crippen molar-refractivity contribution in [3.63, 3.8) is 0 Å². The molecule has 6 nitrogen and oxygen atoms in total. The van der Waals surface area contributed by atoms with Gasteiger partial charge in [-0.1, -0.05) is 18.7 Å². The zero-order valence-corrected chi connectivity index (χ0v) is 12.1. The standard InChI is InChI=1S/C12H22N4O2S/c1-2-6-13-9(5-7-17)8-19-12-15-14-11(18)16(12)10-3-4-10/h9-10,13,17H,2-8H2,1H3,(H,14,18). The van der Waals surface area contributed by atoms with Crippen molar-refractivity contribution in [3.8, 4) is 0 Å². The predicted octanol–water partition coefficient (Wildman–Crippen LogP) is 0.749. The minimum Gasteiger partial charge on any atom is -0.396 e. The molecular formula is C12H22N4O2S. The van der Waals surface area contributed by atoms with Gasteiger partial charge in [-0.25, -0.2) is 9.89 Å². The van der Waals surface area contributed by atoms with E-state index in [1.807, 2.05) is 0 Å². The molecule has 1 aromatic rings. The fourth-order valence-electron chi connectivity index (χ4n) is 1.97. The number of hydrogen-bond donors (Lipinski definition) is 3. The van der Waals surface area contributed by atoms with Gasteiger partial charge in [0.25, 0.3) is 0 Å². The smallest absolute Gasteiger partial charge is 0.344 e. The van der Waals surface area contributed by atoms with Crippen LogP contribution in [0.3, 0.4) is 0 Å². The van der Waals surface area contributed by atoms with Crippen molar-refractivity contribution in [1.29, 1.82) is 0 Å². The van der Waals surface area contributed by atoms with E-state index in [1.165, 1.54) is 0 Å². The van der Waals surface area contributed by atoms with E-state index in [2.05, 4.69) is 22.4 Å². The minimum atomic E-state index is -0.106. The van der Waals surface area contributed by atoms with Crippen molar-refractivity contribution in [3.05, 3.63) is 10.5 Å². The van der Waals surface area contributed by atoms with Gasteiger partial charge in [-0.15, -0.1) is 5.10 Å². The van der Waals surface area contributed by atoms with Crippen LogP contribution in [0.25, 0.3) is 0 Å². The first kappa shape index (κ1) is 14.6. The second-order valence-corrected chi connectivity index (χ2v) is 5.87. The highest BCUT2D eigenvalue weighted by molar-refractivity contribution is 7.99. The molecule has 0 bridgehead atoms. The normalized spacial score (nSPS) is 16.7. The summed E-state index contributed by atoms with van der Waals surface area (Å²) in [5, 5.41) is 19.9. The molecular weight excluding hydrogens is 264 g/mol. The molecule has 1 aromatic heterocycles. The van der Waals surface area contributed by atoms with E-state index in [0.29, 0.717) is 6.04 Å². The number of thioether (sulfide) groups is 1. The van der Waals surface area contributed by atoms with Crippen LogP contribution in [0.5, 0.6) is 0 Å². The van der Waals surface area contributed by atoms with E-state index < -0.39 is 0 Å². The third kappa shape index (κ3) is 4.09. The molecule has 1 fully saturated rings. The van der Waals surface area contributed by atoms with Gasteiger partial charge in [0.05, 0.1) is 0 Å². The molecule has 108 valence electrons. The molecule has 0 saturated heterocycles. The van der Waals surface area contributed by atoms with Gasteiger partial charge < -0.3 is 10.4 Å². The molecule has 0 aliphatic heterocycles. The Morgan fingerprint density at radius 1 is 1.63 bits per heavy atom. The van der Waals surface area contributed by atoms with E-state index in [4.69, 9.17) is 5.11 Å². The molecule has 0 amide bonds. The summed E-state index contributed by atoms with van der Waals surface area (Å²) in [6.45, 7) is 3.24. The Kier molecular flexibility index (Phi) is 5.47. The lowest BCUT2D eigenvalue weighted by molar-refractivity contribution is 0.270. The van der Waals surface area contributed by atoms with E-state index in [9.17, 15) is 4.79 Å². The molecule has 1 saturated carbocycles. The van der Waals surface area contributed by atoms with Crippen LogP contribution in [0.2, 0.25) is 0 Å². The molecule has 2 rings (SSSR count). The van der Waals surface area contributed by atoms with Crippen molar-refractivity contribution in [2.75, 3.05) is 18.9 Å². The predicted molar refractivity (Wildman–Crippen MR) is 75.6 cm³/mol. The van der Waals surface area contributed by atoms with Crippen LogP contribution in [-0.4, -0.2) is 44.8 Å². The van der Waals surface area contributed by atoms with E-state index in [1.54, 1.807) is 16.3 Å². The molecule has 1 atom stereocenters. The summed E-state index contributed by atoms with van der Waals surface area (Å²) in [4.78, 5) is 11.6. The average Bonchev–Trinajstić information content (AvgIpc) is 3.17. The monoisotopic (exact) mass is 286 g/mol. The van der Waals surface area contributed by atoms with E-state index >= 15 is 0 Å². The van der Waals surface area contributed by atoms with Crippen molar-refractivity contribution >= 4 is 11.8 Å². The molecule has 0 spiro atoms. The molecule has 3 N–H and O–H groups in total. The van der Waals surface area contributed by atoms with Gasteiger partial charge >= 0.3 is 5.69 Å². The topological polar surface area (TPSA) is 82.9 Å². The van der Waals surface area contributed by atoms with Crippen LogP contribution in [0.15, 0.2) is 9.95 Å². The Morgan fingerprint density at radius 3 is 3.05 bits per heavy atom. The number of nitrogens with zero attached hydrogens (tertiary/aromatic N) is 2. The van der Waals surface area contributed by atoms with Gasteiger partial charge in [-0.3, -0.25) is 4.57 Å². The van der Waals surface area contributed by atoms with Crippen LogP contribution in [0.4, 0.5) is 0 Å². The van der Waals surface area contributed by atoms with Crippen molar-refractivity contribution in [1.82, 2.24) is 20.1 Å². The lowest BCUT2D eigenvalue weighted by Crippen LogP contribution is -2.33. The summed E-state index contributed by atoms with van der Waals surface area (Å²) in [5.41, 5.74) is -0.106. The number of aromatic nitrogens is 3. The number of rotatable bonds is 9. The highest BCUT2D eigenvalue weighted by atomic mass is 32.2. The quantitative estimate of drug-likeness (QED) is 0.584. The number of aliphatic hydroxyl groups is 1. The maximum absolute atomic E-state index is 11.6. The minimum absolute atomic E-state index is 0.106. The first-order valence-electron chi connectivity index (χ1n) is 6.90. The van der Waals surface area contributed by atoms with Gasteiger partial charge in [-0.2, -0.15) is 0 Å². The zero-order valence-electron chi connectivity index (χ0n) is 11.3. The number of aromatic amines is 1. The fraction of sp³-hybridized carbons (Fsp3) is 0.833. The Hall–Kier alpha value is -0.790. The third-order valence-corrected chi connectivity index (χ3v) is 4.27. The van der Waals surface area contributed by atoms with Gasteiger partial charge in [0, 0.05) is 24.4 Å².